The van der Waals surface area contributed by atoms with Crippen molar-refractivity contribution in [3.8, 4) is 0 Å². The highest BCUT2D eigenvalue weighted by atomic mass is 35.5. The minimum Gasteiger partial charge on any atom is -0.479 e. The van der Waals surface area contributed by atoms with Gasteiger partial charge >= 0.3 is 5.97 Å². The number of hydrogen-bond acceptors (Lipinski definition) is 4. The summed E-state index contributed by atoms with van der Waals surface area (Å²) in [5.74, 6) is -1.14. The molecule has 21 heavy (non-hydrogen) atoms. The van der Waals surface area contributed by atoms with Gasteiger partial charge in [-0.25, -0.2) is 4.79 Å². The van der Waals surface area contributed by atoms with Gasteiger partial charge < -0.3 is 15.2 Å². The fourth-order valence-corrected chi connectivity index (χ4v) is 2.18. The highest BCUT2D eigenvalue weighted by Gasteiger charge is 2.27. The second-order valence-electron chi connectivity index (χ2n) is 4.84. The van der Waals surface area contributed by atoms with Crippen LogP contribution in [0.2, 0.25) is 5.02 Å². The third-order valence-electron chi connectivity index (χ3n) is 3.20. The maximum atomic E-state index is 11.9. The second-order valence-corrected chi connectivity index (χ2v) is 5.27. The van der Waals surface area contributed by atoms with Crippen LogP contribution in [0.4, 0.5) is 0 Å². The molecule has 1 fully saturated rings. The van der Waals surface area contributed by atoms with E-state index >= 15 is 0 Å². The molecule has 2 rings (SSSR count). The minimum absolute atomic E-state index is 0.143. The zero-order chi connectivity index (χ0) is 15.2. The van der Waals surface area contributed by atoms with Gasteiger partial charge in [0, 0.05) is 24.7 Å². The molecule has 1 atom stereocenters. The monoisotopic (exact) mass is 312 g/mol. The summed E-state index contributed by atoms with van der Waals surface area (Å²) in [6.07, 6.45) is -0.859. The minimum atomic E-state index is -0.999. The van der Waals surface area contributed by atoms with E-state index in [0.29, 0.717) is 24.7 Å². The molecule has 1 aliphatic rings. The van der Waals surface area contributed by atoms with Crippen LogP contribution < -0.4 is 5.32 Å². The highest BCUT2D eigenvalue weighted by Crippen LogP contribution is 2.09. The van der Waals surface area contributed by atoms with Gasteiger partial charge in [-0.3, -0.25) is 9.69 Å². The number of hydrogen-bond donors (Lipinski definition) is 2. The fourth-order valence-electron chi connectivity index (χ4n) is 2.06. The molecule has 0 spiro atoms. The summed E-state index contributed by atoms with van der Waals surface area (Å²) in [7, 11) is 0. The van der Waals surface area contributed by atoms with Crippen LogP contribution in [0.1, 0.15) is 5.56 Å². The molecule has 1 unspecified atom stereocenters. The molecule has 7 heteroatoms. The van der Waals surface area contributed by atoms with E-state index in [4.69, 9.17) is 21.4 Å². The summed E-state index contributed by atoms with van der Waals surface area (Å²) in [6.45, 7) is 1.69. The molecular formula is C14H17ClN2O4. The van der Waals surface area contributed by atoms with Gasteiger partial charge in [0.25, 0.3) is 0 Å². The molecule has 1 amide bonds. The van der Waals surface area contributed by atoms with E-state index in [1.54, 1.807) is 17.0 Å². The SMILES string of the molecule is O=C(CN1CCOC(C(=O)O)C1)NCc1ccc(Cl)cc1. The maximum Gasteiger partial charge on any atom is 0.334 e. The number of aliphatic carboxylic acids is 1. The lowest BCUT2D eigenvalue weighted by Gasteiger charge is -2.30. The van der Waals surface area contributed by atoms with Crippen molar-refractivity contribution in [2.45, 2.75) is 12.6 Å². The molecule has 1 heterocycles. The molecular weight excluding hydrogens is 296 g/mol. The average Bonchev–Trinajstić information content (AvgIpc) is 2.47. The van der Waals surface area contributed by atoms with Gasteiger partial charge in [-0.2, -0.15) is 0 Å². The number of amides is 1. The Balaban J connectivity index is 1.76. The van der Waals surface area contributed by atoms with Crippen LogP contribution in [0.5, 0.6) is 0 Å². The first kappa shape index (κ1) is 15.8. The van der Waals surface area contributed by atoms with Gasteiger partial charge in [0.15, 0.2) is 6.10 Å². The summed E-state index contributed by atoms with van der Waals surface area (Å²) < 4.78 is 5.11. The summed E-state index contributed by atoms with van der Waals surface area (Å²) in [5.41, 5.74) is 0.957. The lowest BCUT2D eigenvalue weighted by Crippen LogP contribution is -2.49. The molecule has 6 nitrogen and oxygen atoms in total. The van der Waals surface area contributed by atoms with Crippen molar-refractivity contribution in [3.05, 3.63) is 34.9 Å². The van der Waals surface area contributed by atoms with E-state index in [-0.39, 0.29) is 19.0 Å². The summed E-state index contributed by atoms with van der Waals surface area (Å²) in [5, 5.41) is 12.4. The number of carboxylic acid groups (broad SMARTS) is 1. The third kappa shape index (κ3) is 5.00. The predicted octanol–water partition coefficient (Wildman–Crippen LogP) is 0.742. The Hall–Kier alpha value is -1.63. The molecule has 1 aromatic rings. The number of nitrogens with one attached hydrogen (secondary N) is 1. The van der Waals surface area contributed by atoms with Crippen molar-refractivity contribution < 1.29 is 19.4 Å². The van der Waals surface area contributed by atoms with Crippen molar-refractivity contribution in [1.29, 1.82) is 0 Å². The molecule has 0 saturated carbocycles. The van der Waals surface area contributed by atoms with Gasteiger partial charge in [0.1, 0.15) is 0 Å². The molecule has 1 aliphatic heterocycles. The van der Waals surface area contributed by atoms with E-state index in [1.807, 2.05) is 12.1 Å². The molecule has 114 valence electrons. The standard InChI is InChI=1S/C14H17ClN2O4/c15-11-3-1-10(2-4-11)7-16-13(18)9-17-5-6-21-12(8-17)14(19)20/h1-4,12H,5-9H2,(H,16,18)(H,19,20). The third-order valence-corrected chi connectivity index (χ3v) is 3.45. The Morgan fingerprint density at radius 1 is 1.38 bits per heavy atom. The van der Waals surface area contributed by atoms with Gasteiger partial charge in [0.05, 0.1) is 13.2 Å². The molecule has 1 saturated heterocycles. The quantitative estimate of drug-likeness (QED) is 0.838. The second kappa shape index (κ2) is 7.40. The largest absolute Gasteiger partial charge is 0.479 e. The maximum absolute atomic E-state index is 11.9. The van der Waals surface area contributed by atoms with Gasteiger partial charge in [-0.15, -0.1) is 0 Å². The number of ether oxygens (including phenoxy) is 1. The van der Waals surface area contributed by atoms with Gasteiger partial charge in [-0.1, -0.05) is 23.7 Å². The van der Waals surface area contributed by atoms with E-state index in [9.17, 15) is 9.59 Å². The Bertz CT molecular complexity index is 506. The van der Waals surface area contributed by atoms with Crippen LogP contribution in [0, 0.1) is 0 Å². The lowest BCUT2D eigenvalue weighted by molar-refractivity contribution is -0.156. The van der Waals surface area contributed by atoms with Crippen molar-refractivity contribution in [2.24, 2.45) is 0 Å². The summed E-state index contributed by atoms with van der Waals surface area (Å²) in [4.78, 5) is 24.5. The molecule has 0 aliphatic carbocycles. The zero-order valence-electron chi connectivity index (χ0n) is 11.4. The van der Waals surface area contributed by atoms with Crippen molar-refractivity contribution in [1.82, 2.24) is 10.2 Å². The van der Waals surface area contributed by atoms with Crippen molar-refractivity contribution in [2.75, 3.05) is 26.2 Å². The number of halogens is 1. The Labute approximate surface area is 127 Å². The number of morpholine rings is 1. The van der Waals surface area contributed by atoms with E-state index in [1.165, 1.54) is 0 Å². The summed E-state index contributed by atoms with van der Waals surface area (Å²) >= 11 is 5.79. The van der Waals surface area contributed by atoms with Crippen LogP contribution in [0.25, 0.3) is 0 Å². The smallest absolute Gasteiger partial charge is 0.334 e. The van der Waals surface area contributed by atoms with Crippen LogP contribution in [0.15, 0.2) is 24.3 Å². The normalized spacial score (nSPS) is 19.2. The van der Waals surface area contributed by atoms with Gasteiger partial charge in [-0.05, 0) is 17.7 Å². The molecule has 0 radical (unpaired) electrons. The van der Waals surface area contributed by atoms with E-state index in [2.05, 4.69) is 5.32 Å². The van der Waals surface area contributed by atoms with E-state index in [0.717, 1.165) is 5.56 Å². The Morgan fingerprint density at radius 2 is 2.10 bits per heavy atom. The number of carbonyl (C=O) groups is 2. The molecule has 1 aromatic carbocycles. The first-order valence-corrected chi connectivity index (χ1v) is 7.00. The number of rotatable bonds is 5. The van der Waals surface area contributed by atoms with Crippen LogP contribution in [0.3, 0.4) is 0 Å². The first-order chi connectivity index (χ1) is 10.0. The number of carbonyl (C=O) groups excluding carboxylic acids is 1. The van der Waals surface area contributed by atoms with Crippen molar-refractivity contribution in [3.63, 3.8) is 0 Å². The van der Waals surface area contributed by atoms with Crippen LogP contribution in [-0.2, 0) is 20.9 Å². The Kier molecular flexibility index (Phi) is 5.55. The van der Waals surface area contributed by atoms with Crippen molar-refractivity contribution >= 4 is 23.5 Å². The molecule has 0 aromatic heterocycles. The van der Waals surface area contributed by atoms with Crippen LogP contribution >= 0.6 is 11.6 Å². The van der Waals surface area contributed by atoms with Gasteiger partial charge in [0.2, 0.25) is 5.91 Å². The van der Waals surface area contributed by atoms with Crippen LogP contribution in [-0.4, -0.2) is 54.2 Å². The fraction of sp³-hybridized carbons (Fsp3) is 0.429. The number of benzene rings is 1. The average molecular weight is 313 g/mol. The Morgan fingerprint density at radius 3 is 2.76 bits per heavy atom. The number of carboxylic acids is 1. The highest BCUT2D eigenvalue weighted by molar-refractivity contribution is 6.30. The number of nitrogens with zero attached hydrogens (tertiary/aromatic N) is 1. The zero-order valence-corrected chi connectivity index (χ0v) is 12.2. The first-order valence-electron chi connectivity index (χ1n) is 6.62. The molecule has 2 N–H and O–H groups in total. The topological polar surface area (TPSA) is 78.9 Å². The molecule has 0 bridgehead atoms. The lowest BCUT2D eigenvalue weighted by atomic mass is 10.2. The predicted molar refractivity (Wildman–Crippen MR) is 77.1 cm³/mol. The van der Waals surface area contributed by atoms with E-state index < -0.39 is 12.1 Å². The summed E-state index contributed by atoms with van der Waals surface area (Å²) in [6, 6.07) is 7.22.